The van der Waals surface area contributed by atoms with E-state index in [0.29, 0.717) is 5.69 Å². The summed E-state index contributed by atoms with van der Waals surface area (Å²) in [5, 5.41) is 12.8. The van der Waals surface area contributed by atoms with Gasteiger partial charge in [-0.2, -0.15) is 5.10 Å². The molecule has 0 saturated heterocycles. The minimum atomic E-state index is -1.20. The molecule has 1 aromatic heterocycles. The predicted molar refractivity (Wildman–Crippen MR) is 83.7 cm³/mol. The number of benzene rings is 1. The summed E-state index contributed by atoms with van der Waals surface area (Å²) in [6.07, 6.45) is 0. The lowest BCUT2D eigenvalue weighted by Gasteiger charge is -2.18. The highest BCUT2D eigenvalue weighted by Gasteiger charge is 2.22. The molecule has 8 heteroatoms. The standard InChI is InChI=1S/C16H16FN3O4/c1-3-19(9-14(22)23)16(24)15-13(21)8-10(2)20(18-15)12-7-5-4-6-11(12)17/h4-8H,3,9H2,1-2H3,(H,22,23). The zero-order valence-corrected chi connectivity index (χ0v) is 13.2. The number of carboxylic acids is 1. The van der Waals surface area contributed by atoms with Crippen LogP contribution in [0.5, 0.6) is 0 Å². The Kier molecular flexibility index (Phi) is 5.08. The lowest BCUT2D eigenvalue weighted by Crippen LogP contribution is -2.39. The highest BCUT2D eigenvalue weighted by molar-refractivity contribution is 5.93. The van der Waals surface area contributed by atoms with Gasteiger partial charge in [0.25, 0.3) is 5.91 Å². The maximum Gasteiger partial charge on any atom is 0.323 e. The Labute approximate surface area is 137 Å². The number of carboxylic acid groups (broad SMARTS) is 1. The van der Waals surface area contributed by atoms with E-state index in [1.807, 2.05) is 0 Å². The fourth-order valence-corrected chi connectivity index (χ4v) is 2.20. The molecule has 0 fully saturated rings. The molecule has 2 rings (SSSR count). The third-order valence-electron chi connectivity index (χ3n) is 3.39. The zero-order valence-electron chi connectivity index (χ0n) is 13.2. The van der Waals surface area contributed by atoms with Crippen LogP contribution in [-0.2, 0) is 4.79 Å². The average molecular weight is 333 g/mol. The van der Waals surface area contributed by atoms with Crippen molar-refractivity contribution in [2.75, 3.05) is 13.1 Å². The van der Waals surface area contributed by atoms with Gasteiger partial charge in [0.05, 0.1) is 0 Å². The fraction of sp³-hybridized carbons (Fsp3) is 0.250. The first-order valence-electron chi connectivity index (χ1n) is 7.22. The summed E-state index contributed by atoms with van der Waals surface area (Å²) < 4.78 is 15.1. The molecule has 1 amide bonds. The number of halogens is 1. The highest BCUT2D eigenvalue weighted by atomic mass is 19.1. The minimum absolute atomic E-state index is 0.0883. The summed E-state index contributed by atoms with van der Waals surface area (Å²) in [6.45, 7) is 2.69. The van der Waals surface area contributed by atoms with Gasteiger partial charge >= 0.3 is 5.97 Å². The van der Waals surface area contributed by atoms with Gasteiger partial charge in [0.15, 0.2) is 5.69 Å². The van der Waals surface area contributed by atoms with Crippen LogP contribution >= 0.6 is 0 Å². The largest absolute Gasteiger partial charge is 0.480 e. The molecule has 126 valence electrons. The van der Waals surface area contributed by atoms with E-state index in [-0.39, 0.29) is 12.2 Å². The number of nitrogens with zero attached hydrogens (tertiary/aromatic N) is 3. The molecule has 7 nitrogen and oxygen atoms in total. The Morgan fingerprint density at radius 3 is 2.58 bits per heavy atom. The van der Waals surface area contributed by atoms with E-state index in [9.17, 15) is 18.8 Å². The molecule has 1 heterocycles. The number of carbonyl (C=O) groups excluding carboxylic acids is 1. The summed E-state index contributed by atoms with van der Waals surface area (Å²) in [7, 11) is 0. The Hall–Kier alpha value is -3.03. The molecule has 24 heavy (non-hydrogen) atoms. The highest BCUT2D eigenvalue weighted by Crippen LogP contribution is 2.13. The Morgan fingerprint density at radius 1 is 1.33 bits per heavy atom. The average Bonchev–Trinajstić information content (AvgIpc) is 2.53. The minimum Gasteiger partial charge on any atom is -0.480 e. The number of aryl methyl sites for hydroxylation is 1. The van der Waals surface area contributed by atoms with E-state index in [1.54, 1.807) is 19.9 Å². The number of hydrogen-bond acceptors (Lipinski definition) is 4. The fourth-order valence-electron chi connectivity index (χ4n) is 2.20. The topological polar surface area (TPSA) is 92.5 Å². The predicted octanol–water partition coefficient (Wildman–Crippen LogP) is 1.23. The summed E-state index contributed by atoms with van der Waals surface area (Å²) in [5.74, 6) is -2.57. The maximum atomic E-state index is 14.0. The lowest BCUT2D eigenvalue weighted by molar-refractivity contribution is -0.137. The van der Waals surface area contributed by atoms with E-state index in [0.717, 1.165) is 9.58 Å². The molecule has 0 atom stereocenters. The van der Waals surface area contributed by atoms with E-state index in [2.05, 4.69) is 5.10 Å². The number of aliphatic carboxylic acids is 1. The third-order valence-corrected chi connectivity index (χ3v) is 3.39. The zero-order chi connectivity index (χ0) is 17.9. The number of amides is 1. The quantitative estimate of drug-likeness (QED) is 0.888. The molecule has 0 aliphatic carbocycles. The van der Waals surface area contributed by atoms with Crippen molar-refractivity contribution in [1.29, 1.82) is 0 Å². The summed E-state index contributed by atoms with van der Waals surface area (Å²) in [5.41, 5.74) is -0.658. The van der Waals surface area contributed by atoms with Crippen molar-refractivity contribution >= 4 is 11.9 Å². The van der Waals surface area contributed by atoms with Crippen LogP contribution in [0.1, 0.15) is 23.1 Å². The molecule has 0 aliphatic rings. The second kappa shape index (κ2) is 7.03. The molecule has 0 aliphatic heterocycles. The van der Waals surface area contributed by atoms with Crippen LogP contribution in [0.25, 0.3) is 5.69 Å². The van der Waals surface area contributed by atoms with E-state index < -0.39 is 35.4 Å². The van der Waals surface area contributed by atoms with Crippen LogP contribution in [0.2, 0.25) is 0 Å². The molecule has 0 radical (unpaired) electrons. The molecule has 2 aromatic rings. The molecular formula is C16H16FN3O4. The number of hydrogen-bond donors (Lipinski definition) is 1. The summed E-state index contributed by atoms with van der Waals surface area (Å²) in [4.78, 5) is 36.3. The SMILES string of the molecule is CCN(CC(=O)O)C(=O)c1nn(-c2ccccc2F)c(C)cc1=O. The van der Waals surface area contributed by atoms with Gasteiger partial charge in [-0.25, -0.2) is 9.07 Å². The van der Waals surface area contributed by atoms with Crippen molar-refractivity contribution in [3.05, 3.63) is 57.8 Å². The van der Waals surface area contributed by atoms with Gasteiger partial charge in [0.1, 0.15) is 18.0 Å². The van der Waals surface area contributed by atoms with Crippen molar-refractivity contribution in [1.82, 2.24) is 14.7 Å². The molecule has 1 aromatic carbocycles. The van der Waals surface area contributed by atoms with Gasteiger partial charge in [-0.05, 0) is 26.0 Å². The van der Waals surface area contributed by atoms with Crippen LogP contribution in [0.15, 0.2) is 35.1 Å². The first kappa shape index (κ1) is 17.3. The second-order valence-corrected chi connectivity index (χ2v) is 5.07. The van der Waals surface area contributed by atoms with Crippen LogP contribution in [-0.4, -0.2) is 44.8 Å². The summed E-state index contributed by atoms with van der Waals surface area (Å²) >= 11 is 0. The summed E-state index contributed by atoms with van der Waals surface area (Å²) in [6, 6.07) is 6.97. The number of likely N-dealkylation sites (N-methyl/N-ethyl adjacent to an activating group) is 1. The van der Waals surface area contributed by atoms with Crippen molar-refractivity contribution in [2.24, 2.45) is 0 Å². The van der Waals surface area contributed by atoms with Gasteiger partial charge in [0, 0.05) is 18.3 Å². The molecule has 0 unspecified atom stereocenters. The van der Waals surface area contributed by atoms with Gasteiger partial charge in [-0.3, -0.25) is 14.4 Å². The van der Waals surface area contributed by atoms with Crippen LogP contribution in [0.4, 0.5) is 4.39 Å². The second-order valence-electron chi connectivity index (χ2n) is 5.07. The number of para-hydroxylation sites is 1. The van der Waals surface area contributed by atoms with Crippen molar-refractivity contribution in [3.63, 3.8) is 0 Å². The van der Waals surface area contributed by atoms with Crippen molar-refractivity contribution in [3.8, 4) is 5.69 Å². The van der Waals surface area contributed by atoms with Gasteiger partial charge in [0.2, 0.25) is 5.43 Å². The monoisotopic (exact) mass is 333 g/mol. The Morgan fingerprint density at radius 2 is 2.00 bits per heavy atom. The normalized spacial score (nSPS) is 10.5. The van der Waals surface area contributed by atoms with Crippen LogP contribution in [0, 0.1) is 12.7 Å². The number of carbonyl (C=O) groups is 2. The first-order chi connectivity index (χ1) is 11.3. The van der Waals surface area contributed by atoms with Crippen LogP contribution < -0.4 is 5.43 Å². The van der Waals surface area contributed by atoms with Crippen molar-refractivity contribution < 1.29 is 19.1 Å². The van der Waals surface area contributed by atoms with E-state index in [4.69, 9.17) is 5.11 Å². The van der Waals surface area contributed by atoms with Crippen molar-refractivity contribution in [2.45, 2.75) is 13.8 Å². The van der Waals surface area contributed by atoms with Gasteiger partial charge in [-0.1, -0.05) is 12.1 Å². The van der Waals surface area contributed by atoms with Gasteiger partial charge in [-0.15, -0.1) is 0 Å². The molecule has 0 saturated carbocycles. The lowest BCUT2D eigenvalue weighted by atomic mass is 10.2. The molecule has 0 spiro atoms. The molecule has 0 bridgehead atoms. The van der Waals surface area contributed by atoms with E-state index in [1.165, 1.54) is 24.3 Å². The van der Waals surface area contributed by atoms with E-state index >= 15 is 0 Å². The Balaban J connectivity index is 2.54. The van der Waals surface area contributed by atoms with Crippen LogP contribution in [0.3, 0.4) is 0 Å². The first-order valence-corrected chi connectivity index (χ1v) is 7.22. The number of rotatable bonds is 5. The number of aromatic nitrogens is 2. The maximum absolute atomic E-state index is 14.0. The third kappa shape index (κ3) is 3.48. The smallest absolute Gasteiger partial charge is 0.323 e. The Bertz CT molecular complexity index is 847. The molecular weight excluding hydrogens is 317 g/mol. The molecule has 1 N–H and O–H groups in total. The van der Waals surface area contributed by atoms with Gasteiger partial charge < -0.3 is 10.0 Å².